The van der Waals surface area contributed by atoms with Crippen molar-refractivity contribution in [1.29, 1.82) is 0 Å². The van der Waals surface area contributed by atoms with Crippen LogP contribution < -0.4 is 5.32 Å². The van der Waals surface area contributed by atoms with Gasteiger partial charge in [-0.05, 0) is 32.7 Å². The van der Waals surface area contributed by atoms with Crippen molar-refractivity contribution in [1.82, 2.24) is 5.32 Å². The molecule has 0 amide bonds. The number of ether oxygens (including phenoxy) is 1. The van der Waals surface area contributed by atoms with E-state index in [1.807, 2.05) is 7.05 Å². The summed E-state index contributed by atoms with van der Waals surface area (Å²) in [7, 11) is 2.01. The van der Waals surface area contributed by atoms with Gasteiger partial charge in [0, 0.05) is 11.6 Å². The molecule has 0 bridgehead atoms. The van der Waals surface area contributed by atoms with E-state index in [0.29, 0.717) is 23.8 Å². The molecular formula is C10H17Cl2NO. The van der Waals surface area contributed by atoms with E-state index in [1.165, 1.54) is 18.4 Å². The molecule has 0 aromatic carbocycles. The quantitative estimate of drug-likeness (QED) is 0.813. The molecule has 0 atom stereocenters. The van der Waals surface area contributed by atoms with Gasteiger partial charge in [0.05, 0.1) is 17.7 Å². The molecule has 1 N–H and O–H groups in total. The van der Waals surface area contributed by atoms with Gasteiger partial charge in [-0.3, -0.25) is 0 Å². The van der Waals surface area contributed by atoms with E-state index in [2.05, 4.69) is 5.32 Å². The van der Waals surface area contributed by atoms with Crippen molar-refractivity contribution in [2.24, 2.45) is 0 Å². The van der Waals surface area contributed by atoms with Crippen molar-refractivity contribution >= 4 is 23.2 Å². The van der Waals surface area contributed by atoms with E-state index in [-0.39, 0.29) is 0 Å². The van der Waals surface area contributed by atoms with Crippen LogP contribution in [0.15, 0.2) is 10.6 Å². The van der Waals surface area contributed by atoms with E-state index in [4.69, 9.17) is 27.9 Å². The fourth-order valence-electron chi connectivity index (χ4n) is 1.75. The maximum atomic E-state index is 5.73. The molecule has 0 aliphatic heterocycles. The topological polar surface area (TPSA) is 21.3 Å². The smallest absolute Gasteiger partial charge is 0.0835 e. The Labute approximate surface area is 95.6 Å². The molecular weight excluding hydrogens is 221 g/mol. The highest BCUT2D eigenvalue weighted by Crippen LogP contribution is 2.21. The predicted octanol–water partition coefficient (Wildman–Crippen LogP) is 2.85. The Morgan fingerprint density at radius 3 is 2.57 bits per heavy atom. The molecule has 4 heteroatoms. The van der Waals surface area contributed by atoms with Crippen LogP contribution in [0.5, 0.6) is 0 Å². The molecule has 0 spiro atoms. The molecule has 1 fully saturated rings. The van der Waals surface area contributed by atoms with Crippen LogP contribution in [-0.4, -0.2) is 25.8 Å². The van der Waals surface area contributed by atoms with E-state index in [1.54, 1.807) is 0 Å². The average Bonchev–Trinajstić information content (AvgIpc) is 2.26. The lowest BCUT2D eigenvalue weighted by atomic mass is 9.93. The lowest BCUT2D eigenvalue weighted by molar-refractivity contribution is 0.0389. The van der Waals surface area contributed by atoms with Gasteiger partial charge in [-0.25, -0.2) is 0 Å². The summed E-state index contributed by atoms with van der Waals surface area (Å²) < 4.78 is 5.62. The number of nitrogens with one attached hydrogen (secondary N) is 1. The average molecular weight is 238 g/mol. The first-order valence-corrected chi connectivity index (χ1v) is 5.81. The van der Waals surface area contributed by atoms with Crippen molar-refractivity contribution in [3.05, 3.63) is 10.6 Å². The standard InChI is InChI=1S/C10H17Cl2NO/c1-13-9-2-4-10(5-3-9)14-7-8(12)6-11/h6,9-10,13H,2-5,7H2,1H3. The maximum Gasteiger partial charge on any atom is 0.0835 e. The van der Waals surface area contributed by atoms with Crippen LogP contribution in [0.4, 0.5) is 0 Å². The Bertz CT molecular complexity index is 189. The zero-order valence-electron chi connectivity index (χ0n) is 8.43. The van der Waals surface area contributed by atoms with Gasteiger partial charge in [-0.1, -0.05) is 23.2 Å². The van der Waals surface area contributed by atoms with Gasteiger partial charge in [-0.15, -0.1) is 0 Å². The molecule has 1 aliphatic rings. The Hall–Kier alpha value is 0.240. The van der Waals surface area contributed by atoms with Crippen LogP contribution in [-0.2, 0) is 4.74 Å². The van der Waals surface area contributed by atoms with Crippen LogP contribution in [0.1, 0.15) is 25.7 Å². The van der Waals surface area contributed by atoms with Crippen LogP contribution in [0.3, 0.4) is 0 Å². The zero-order valence-corrected chi connectivity index (χ0v) is 9.94. The number of halogens is 2. The predicted molar refractivity (Wildman–Crippen MR) is 60.8 cm³/mol. The monoisotopic (exact) mass is 237 g/mol. The molecule has 1 rings (SSSR count). The molecule has 0 aromatic rings. The van der Waals surface area contributed by atoms with Crippen LogP contribution >= 0.6 is 23.2 Å². The lowest BCUT2D eigenvalue weighted by Gasteiger charge is -2.28. The van der Waals surface area contributed by atoms with Gasteiger partial charge in [0.25, 0.3) is 0 Å². The summed E-state index contributed by atoms with van der Waals surface area (Å²) in [5, 5.41) is 3.86. The number of hydrogen-bond donors (Lipinski definition) is 1. The highest BCUT2D eigenvalue weighted by molar-refractivity contribution is 6.36. The zero-order chi connectivity index (χ0) is 10.4. The Kier molecular flexibility index (Phi) is 5.87. The highest BCUT2D eigenvalue weighted by atomic mass is 35.5. The number of hydrogen-bond acceptors (Lipinski definition) is 2. The molecule has 0 unspecified atom stereocenters. The van der Waals surface area contributed by atoms with Gasteiger partial charge in [0.15, 0.2) is 0 Å². The summed E-state index contributed by atoms with van der Waals surface area (Å²) in [5.74, 6) is 0. The summed E-state index contributed by atoms with van der Waals surface area (Å²) >= 11 is 11.2. The molecule has 1 saturated carbocycles. The molecule has 14 heavy (non-hydrogen) atoms. The summed E-state index contributed by atoms with van der Waals surface area (Å²) in [5.41, 5.74) is 1.36. The third kappa shape index (κ3) is 4.18. The van der Waals surface area contributed by atoms with Gasteiger partial charge >= 0.3 is 0 Å². The van der Waals surface area contributed by atoms with Crippen LogP contribution in [0.2, 0.25) is 0 Å². The van der Waals surface area contributed by atoms with Gasteiger partial charge in [0.2, 0.25) is 0 Å². The molecule has 0 radical (unpaired) electrons. The first-order valence-electron chi connectivity index (χ1n) is 5.00. The molecule has 0 aromatic heterocycles. The normalized spacial score (nSPS) is 29.2. The second kappa shape index (κ2) is 6.67. The van der Waals surface area contributed by atoms with Gasteiger partial charge in [-0.2, -0.15) is 0 Å². The third-order valence-corrected chi connectivity index (χ3v) is 3.25. The first kappa shape index (κ1) is 12.3. The second-order valence-electron chi connectivity index (χ2n) is 3.63. The van der Waals surface area contributed by atoms with Gasteiger partial charge < -0.3 is 10.1 Å². The minimum Gasteiger partial charge on any atom is -0.373 e. The summed E-state index contributed by atoms with van der Waals surface area (Å²) in [4.78, 5) is 0. The summed E-state index contributed by atoms with van der Waals surface area (Å²) in [6.07, 6.45) is 4.94. The Morgan fingerprint density at radius 2 is 2.07 bits per heavy atom. The third-order valence-electron chi connectivity index (χ3n) is 2.66. The Morgan fingerprint density at radius 1 is 1.43 bits per heavy atom. The molecule has 0 heterocycles. The highest BCUT2D eigenvalue weighted by Gasteiger charge is 2.20. The minimum absolute atomic E-state index is 0.352. The van der Waals surface area contributed by atoms with Crippen LogP contribution in [0, 0.1) is 0 Å². The van der Waals surface area contributed by atoms with E-state index >= 15 is 0 Å². The van der Waals surface area contributed by atoms with Crippen molar-refractivity contribution in [2.75, 3.05) is 13.7 Å². The Balaban J connectivity index is 2.16. The van der Waals surface area contributed by atoms with Crippen LogP contribution in [0.25, 0.3) is 0 Å². The van der Waals surface area contributed by atoms with E-state index in [0.717, 1.165) is 12.8 Å². The fourth-order valence-corrected chi connectivity index (χ4v) is 1.87. The minimum atomic E-state index is 0.352. The van der Waals surface area contributed by atoms with Crippen molar-refractivity contribution in [2.45, 2.75) is 37.8 Å². The molecule has 0 saturated heterocycles. The summed E-state index contributed by atoms with van der Waals surface area (Å²) in [6, 6.07) is 0.661. The van der Waals surface area contributed by atoms with Crippen molar-refractivity contribution < 1.29 is 4.74 Å². The van der Waals surface area contributed by atoms with Crippen molar-refractivity contribution in [3.8, 4) is 0 Å². The largest absolute Gasteiger partial charge is 0.373 e. The molecule has 1 aliphatic carbocycles. The fraction of sp³-hybridized carbons (Fsp3) is 0.800. The summed E-state index contributed by atoms with van der Waals surface area (Å²) in [6.45, 7) is 0.444. The van der Waals surface area contributed by atoms with E-state index in [9.17, 15) is 0 Å². The number of rotatable bonds is 4. The maximum absolute atomic E-state index is 5.73. The molecule has 82 valence electrons. The van der Waals surface area contributed by atoms with E-state index < -0.39 is 0 Å². The second-order valence-corrected chi connectivity index (χ2v) is 4.33. The first-order chi connectivity index (χ1) is 6.76. The van der Waals surface area contributed by atoms with Gasteiger partial charge in [0.1, 0.15) is 0 Å². The lowest BCUT2D eigenvalue weighted by Crippen LogP contribution is -2.33. The molecule has 2 nitrogen and oxygen atoms in total. The SMILES string of the molecule is CNC1CCC(OCC(Cl)=CCl)CC1. The van der Waals surface area contributed by atoms with Crippen molar-refractivity contribution in [3.63, 3.8) is 0 Å².